The van der Waals surface area contributed by atoms with Gasteiger partial charge in [-0.1, -0.05) is 173 Å². The summed E-state index contributed by atoms with van der Waals surface area (Å²) in [5, 5.41) is 22.8. The van der Waals surface area contributed by atoms with Crippen LogP contribution in [0.4, 0.5) is 0 Å². The van der Waals surface area contributed by atoms with Crippen LogP contribution >= 0.6 is 0 Å². The van der Waals surface area contributed by atoms with Crippen LogP contribution < -0.4 is 5.32 Å². The quantitative estimate of drug-likeness (QED) is 0.0448. The van der Waals surface area contributed by atoms with Crippen molar-refractivity contribution in [2.75, 3.05) is 6.61 Å². The molecule has 0 heterocycles. The molecule has 0 aromatic rings. The molecule has 0 aliphatic rings. The van der Waals surface area contributed by atoms with E-state index in [0.29, 0.717) is 6.42 Å². The number of carbonyl (C=O) groups excluding carboxylic acids is 1. The van der Waals surface area contributed by atoms with Gasteiger partial charge in [0.2, 0.25) is 5.91 Å². The van der Waals surface area contributed by atoms with Gasteiger partial charge in [0.25, 0.3) is 0 Å². The third-order valence-corrected chi connectivity index (χ3v) is 8.28. The number of unbranched alkanes of at least 4 members (excludes halogenated alkanes) is 6. The van der Waals surface area contributed by atoms with E-state index in [1.807, 2.05) is 6.08 Å². The summed E-state index contributed by atoms with van der Waals surface area (Å²) in [6.07, 6.45) is 70.9. The summed E-state index contributed by atoms with van der Waals surface area (Å²) >= 11 is 0. The van der Waals surface area contributed by atoms with Crippen LogP contribution in [0.25, 0.3) is 0 Å². The molecule has 300 valence electrons. The van der Waals surface area contributed by atoms with Crippen molar-refractivity contribution in [1.29, 1.82) is 0 Å². The summed E-state index contributed by atoms with van der Waals surface area (Å²) in [4.78, 5) is 12.3. The molecule has 0 spiro atoms. The molecule has 2 atom stereocenters. The molecule has 0 fully saturated rings. The van der Waals surface area contributed by atoms with Gasteiger partial charge in [0.05, 0.1) is 18.8 Å². The fourth-order valence-corrected chi connectivity index (χ4v) is 5.09. The minimum atomic E-state index is -0.904. The number of amides is 1. The SMILES string of the molecule is CC/C=C\C/C=C\C/C=C\C/C=C\C/C=C\C/C=C\C/C=C\C/C=C\C/C=C\CCCC(=O)NC(CO)C(O)/C=C/CC/C=C/CC/C=C/CCCCC. The van der Waals surface area contributed by atoms with Crippen LogP contribution in [-0.2, 0) is 4.79 Å². The third-order valence-electron chi connectivity index (χ3n) is 8.28. The zero-order valence-electron chi connectivity index (χ0n) is 34.2. The first kappa shape index (κ1) is 50.3. The maximum absolute atomic E-state index is 12.3. The summed E-state index contributed by atoms with van der Waals surface area (Å²) in [6.45, 7) is 4.09. The molecule has 0 radical (unpaired) electrons. The zero-order valence-corrected chi connectivity index (χ0v) is 34.2. The lowest BCUT2D eigenvalue weighted by Gasteiger charge is -2.19. The van der Waals surface area contributed by atoms with Gasteiger partial charge < -0.3 is 15.5 Å². The topological polar surface area (TPSA) is 69.6 Å². The number of aliphatic hydroxyl groups is 2. The van der Waals surface area contributed by atoms with Crippen molar-refractivity contribution >= 4 is 5.91 Å². The largest absolute Gasteiger partial charge is 0.394 e. The maximum atomic E-state index is 12.3. The first-order valence-electron chi connectivity index (χ1n) is 21.0. The zero-order chi connectivity index (χ0) is 39.3. The average Bonchev–Trinajstić information content (AvgIpc) is 3.18. The minimum Gasteiger partial charge on any atom is -0.394 e. The van der Waals surface area contributed by atoms with E-state index in [9.17, 15) is 15.0 Å². The van der Waals surface area contributed by atoms with Gasteiger partial charge in [0.15, 0.2) is 0 Å². The number of carbonyl (C=O) groups is 1. The Kier molecular flexibility index (Phi) is 40.7. The highest BCUT2D eigenvalue weighted by molar-refractivity contribution is 5.76. The van der Waals surface area contributed by atoms with E-state index in [4.69, 9.17) is 0 Å². The van der Waals surface area contributed by atoms with E-state index in [2.05, 4.69) is 153 Å². The standard InChI is InChI=1S/C50H77NO3/c1-3-5-7-9-11-13-15-17-18-19-20-21-22-23-24-25-26-27-28-29-30-31-32-34-36-38-40-42-44-46-50(54)51-48(47-52)49(53)45-43-41-39-37-35-33-16-14-12-10-8-6-4-2/h5,7,11-14,17-18,20-21,23-24,26-27,29-30,32,34-35,37-38,40,43,45,48-49,52-53H,3-4,6,8-10,15-16,19,22,25,28,31,33,36,39,41-42,44,46-47H2,1-2H3,(H,51,54)/b7-5-,13-11-,14-12+,18-17-,21-20-,24-23-,27-26-,30-29-,34-32-,37-35+,40-38-,45-43+. The van der Waals surface area contributed by atoms with Crippen LogP contribution in [0.5, 0.6) is 0 Å². The Hall–Kier alpha value is -3.73. The van der Waals surface area contributed by atoms with Crippen molar-refractivity contribution < 1.29 is 15.0 Å². The van der Waals surface area contributed by atoms with Gasteiger partial charge in [0.1, 0.15) is 0 Å². The van der Waals surface area contributed by atoms with Crippen molar-refractivity contribution in [2.24, 2.45) is 0 Å². The number of nitrogens with one attached hydrogen (secondary N) is 1. The van der Waals surface area contributed by atoms with Crippen molar-refractivity contribution in [3.63, 3.8) is 0 Å². The monoisotopic (exact) mass is 740 g/mol. The number of hydrogen-bond acceptors (Lipinski definition) is 3. The van der Waals surface area contributed by atoms with Crippen LogP contribution in [-0.4, -0.2) is 34.9 Å². The predicted molar refractivity (Wildman–Crippen MR) is 238 cm³/mol. The van der Waals surface area contributed by atoms with Crippen LogP contribution in [0, 0.1) is 0 Å². The first-order valence-corrected chi connectivity index (χ1v) is 21.0. The smallest absolute Gasteiger partial charge is 0.220 e. The summed E-state index contributed by atoms with van der Waals surface area (Å²) in [7, 11) is 0. The lowest BCUT2D eigenvalue weighted by Crippen LogP contribution is -2.45. The van der Waals surface area contributed by atoms with E-state index < -0.39 is 12.1 Å². The predicted octanol–water partition coefficient (Wildman–Crippen LogP) is 13.3. The van der Waals surface area contributed by atoms with Crippen molar-refractivity contribution in [1.82, 2.24) is 5.32 Å². The summed E-state index contributed by atoms with van der Waals surface area (Å²) in [5.74, 6) is -0.145. The molecule has 0 aromatic carbocycles. The Labute approximate surface area is 332 Å². The maximum Gasteiger partial charge on any atom is 0.220 e. The number of allylic oxidation sites excluding steroid dienone is 23. The first-order chi connectivity index (χ1) is 26.7. The second-order valence-corrected chi connectivity index (χ2v) is 13.3. The van der Waals surface area contributed by atoms with Crippen LogP contribution in [0.15, 0.2) is 146 Å². The van der Waals surface area contributed by atoms with Crippen LogP contribution in [0.2, 0.25) is 0 Å². The fourth-order valence-electron chi connectivity index (χ4n) is 5.09. The van der Waals surface area contributed by atoms with Gasteiger partial charge in [-0.05, 0) is 109 Å². The van der Waals surface area contributed by atoms with Crippen LogP contribution in [0.1, 0.15) is 142 Å². The van der Waals surface area contributed by atoms with Crippen molar-refractivity contribution in [2.45, 2.75) is 154 Å². The molecular formula is C50H77NO3. The summed E-state index contributed by atoms with van der Waals surface area (Å²) in [5.41, 5.74) is 0. The number of rotatable bonds is 35. The second-order valence-electron chi connectivity index (χ2n) is 13.3. The lowest BCUT2D eigenvalue weighted by molar-refractivity contribution is -0.122. The highest BCUT2D eigenvalue weighted by Crippen LogP contribution is 2.05. The van der Waals surface area contributed by atoms with Gasteiger partial charge in [-0.25, -0.2) is 0 Å². The van der Waals surface area contributed by atoms with Crippen LogP contribution in [0.3, 0.4) is 0 Å². The molecule has 0 rings (SSSR count). The molecule has 0 bridgehead atoms. The third kappa shape index (κ3) is 39.5. The van der Waals surface area contributed by atoms with Gasteiger partial charge in [-0.3, -0.25) is 4.79 Å². The molecule has 0 saturated carbocycles. The molecule has 3 N–H and O–H groups in total. The summed E-state index contributed by atoms with van der Waals surface area (Å²) in [6, 6.07) is -0.686. The molecule has 0 aliphatic carbocycles. The Morgan fingerprint density at radius 3 is 1.22 bits per heavy atom. The fraction of sp³-hybridized carbons (Fsp3) is 0.500. The molecule has 0 aliphatic heterocycles. The molecule has 0 aromatic heterocycles. The second kappa shape index (κ2) is 43.7. The highest BCUT2D eigenvalue weighted by atomic mass is 16.3. The lowest BCUT2D eigenvalue weighted by atomic mass is 10.1. The van der Waals surface area contributed by atoms with Gasteiger partial charge in [-0.2, -0.15) is 0 Å². The van der Waals surface area contributed by atoms with Gasteiger partial charge in [0, 0.05) is 6.42 Å². The van der Waals surface area contributed by atoms with E-state index in [1.54, 1.807) is 6.08 Å². The van der Waals surface area contributed by atoms with E-state index in [0.717, 1.165) is 96.3 Å². The van der Waals surface area contributed by atoms with E-state index >= 15 is 0 Å². The average molecular weight is 740 g/mol. The highest BCUT2D eigenvalue weighted by Gasteiger charge is 2.17. The number of aliphatic hydroxyl groups excluding tert-OH is 2. The van der Waals surface area contributed by atoms with Gasteiger partial charge in [-0.15, -0.1) is 0 Å². The minimum absolute atomic E-state index is 0.145. The summed E-state index contributed by atoms with van der Waals surface area (Å²) < 4.78 is 0. The molecule has 4 nitrogen and oxygen atoms in total. The Morgan fingerprint density at radius 2 is 0.815 bits per heavy atom. The van der Waals surface area contributed by atoms with Crippen molar-refractivity contribution in [3.05, 3.63) is 146 Å². The molecule has 2 unspecified atom stereocenters. The van der Waals surface area contributed by atoms with Crippen molar-refractivity contribution in [3.8, 4) is 0 Å². The number of hydrogen-bond donors (Lipinski definition) is 3. The molecule has 4 heteroatoms. The van der Waals surface area contributed by atoms with E-state index in [1.165, 1.54) is 25.7 Å². The Balaban J connectivity index is 3.85. The molecule has 54 heavy (non-hydrogen) atoms. The van der Waals surface area contributed by atoms with E-state index in [-0.39, 0.29) is 12.5 Å². The normalized spacial score (nSPS) is 14.5. The Bertz CT molecular complexity index is 1200. The molecular weight excluding hydrogens is 663 g/mol. The Morgan fingerprint density at radius 1 is 0.463 bits per heavy atom. The van der Waals surface area contributed by atoms with Gasteiger partial charge >= 0.3 is 0 Å². The molecule has 0 saturated heterocycles. The molecule has 1 amide bonds.